The predicted octanol–water partition coefficient (Wildman–Crippen LogP) is 2.92. The largest absolute Gasteiger partial charge is 0.357 e. The molecule has 3 rings (SSSR count). The van der Waals surface area contributed by atoms with Crippen LogP contribution in [-0.4, -0.2) is 20.7 Å². The summed E-state index contributed by atoms with van der Waals surface area (Å²) < 4.78 is 1.87. The molecule has 1 atom stereocenters. The van der Waals surface area contributed by atoms with E-state index in [1.54, 1.807) is 11.8 Å². The molecule has 0 radical (unpaired) electrons. The second kappa shape index (κ2) is 6.35. The first-order chi connectivity index (χ1) is 10.3. The standard InChI is InChI=1S/C16H20N4S/c1-3-14-13(10-20(2)19-14)9-17-16-18-15(11-21-16)12-7-5-4-6-8-12/h4-8,10,15H,3,9,11H2,1-2H3,(H,17,18). The summed E-state index contributed by atoms with van der Waals surface area (Å²) in [4.78, 5) is 4.71. The maximum atomic E-state index is 4.71. The summed E-state index contributed by atoms with van der Waals surface area (Å²) in [7, 11) is 1.96. The summed E-state index contributed by atoms with van der Waals surface area (Å²) in [6.45, 7) is 2.83. The lowest BCUT2D eigenvalue weighted by atomic mass is 10.1. The predicted molar refractivity (Wildman–Crippen MR) is 88.5 cm³/mol. The van der Waals surface area contributed by atoms with Gasteiger partial charge < -0.3 is 5.32 Å². The van der Waals surface area contributed by atoms with Crippen LogP contribution in [0.15, 0.2) is 41.5 Å². The first-order valence-electron chi connectivity index (χ1n) is 7.26. The molecule has 2 aromatic rings. The van der Waals surface area contributed by atoms with Gasteiger partial charge in [0.15, 0.2) is 5.17 Å². The van der Waals surface area contributed by atoms with E-state index in [0.717, 1.165) is 23.0 Å². The molecule has 1 unspecified atom stereocenters. The van der Waals surface area contributed by atoms with Crippen molar-refractivity contribution in [3.05, 3.63) is 53.3 Å². The zero-order valence-corrected chi connectivity index (χ0v) is 13.2. The van der Waals surface area contributed by atoms with Crippen LogP contribution in [0.5, 0.6) is 0 Å². The second-order valence-electron chi connectivity index (χ2n) is 5.17. The van der Waals surface area contributed by atoms with E-state index in [4.69, 9.17) is 4.99 Å². The Hall–Kier alpha value is -1.75. The molecule has 1 N–H and O–H groups in total. The van der Waals surface area contributed by atoms with Crippen LogP contribution in [0, 0.1) is 0 Å². The normalized spacial score (nSPS) is 19.9. The average molecular weight is 300 g/mol. The Morgan fingerprint density at radius 3 is 2.95 bits per heavy atom. The highest BCUT2D eigenvalue weighted by atomic mass is 32.2. The minimum Gasteiger partial charge on any atom is -0.357 e. The third-order valence-electron chi connectivity index (χ3n) is 3.61. The van der Waals surface area contributed by atoms with Crippen LogP contribution in [0.1, 0.15) is 29.8 Å². The van der Waals surface area contributed by atoms with Crippen LogP contribution in [0.25, 0.3) is 0 Å². The van der Waals surface area contributed by atoms with Crippen molar-refractivity contribution >= 4 is 16.9 Å². The highest BCUT2D eigenvalue weighted by Gasteiger charge is 2.21. The molecular weight excluding hydrogens is 280 g/mol. The number of hydrogen-bond donors (Lipinski definition) is 1. The van der Waals surface area contributed by atoms with E-state index in [0.29, 0.717) is 12.6 Å². The van der Waals surface area contributed by atoms with Crippen molar-refractivity contribution < 1.29 is 0 Å². The van der Waals surface area contributed by atoms with Gasteiger partial charge in [-0.3, -0.25) is 9.67 Å². The molecule has 1 aliphatic rings. The average Bonchev–Trinajstić information content (AvgIpc) is 3.12. The Bertz CT molecular complexity index is 633. The Morgan fingerprint density at radius 1 is 1.38 bits per heavy atom. The van der Waals surface area contributed by atoms with Gasteiger partial charge >= 0.3 is 0 Å². The zero-order valence-electron chi connectivity index (χ0n) is 12.4. The van der Waals surface area contributed by atoms with Crippen LogP contribution in [-0.2, 0) is 20.0 Å². The first-order valence-corrected chi connectivity index (χ1v) is 8.25. The van der Waals surface area contributed by atoms with Gasteiger partial charge in [0.05, 0.1) is 18.3 Å². The third kappa shape index (κ3) is 3.29. The van der Waals surface area contributed by atoms with E-state index in [1.165, 1.54) is 11.1 Å². The molecule has 21 heavy (non-hydrogen) atoms. The lowest BCUT2D eigenvalue weighted by Crippen LogP contribution is -2.19. The summed E-state index contributed by atoms with van der Waals surface area (Å²) in [6, 6.07) is 10.9. The molecule has 0 bridgehead atoms. The van der Waals surface area contributed by atoms with E-state index in [2.05, 4.69) is 53.9 Å². The summed E-state index contributed by atoms with van der Waals surface area (Å²) in [5.41, 5.74) is 3.69. The number of benzene rings is 1. The number of aromatic nitrogens is 2. The fourth-order valence-electron chi connectivity index (χ4n) is 2.52. The monoisotopic (exact) mass is 300 g/mol. The Balaban J connectivity index is 1.66. The number of hydrogen-bond acceptors (Lipinski definition) is 3. The van der Waals surface area contributed by atoms with Crippen LogP contribution >= 0.6 is 11.8 Å². The molecule has 0 saturated carbocycles. The van der Waals surface area contributed by atoms with Gasteiger partial charge in [-0.1, -0.05) is 49.0 Å². The maximum absolute atomic E-state index is 4.71. The molecule has 1 aliphatic heterocycles. The van der Waals surface area contributed by atoms with Gasteiger partial charge in [0.25, 0.3) is 0 Å². The van der Waals surface area contributed by atoms with Crippen molar-refractivity contribution in [1.29, 1.82) is 0 Å². The Labute approximate surface area is 129 Å². The smallest absolute Gasteiger partial charge is 0.157 e. The molecule has 110 valence electrons. The Kier molecular flexibility index (Phi) is 4.29. The number of amidine groups is 1. The fraction of sp³-hybridized carbons (Fsp3) is 0.375. The highest BCUT2D eigenvalue weighted by molar-refractivity contribution is 8.14. The minimum atomic E-state index is 0.370. The molecule has 0 amide bonds. The summed E-state index contributed by atoms with van der Waals surface area (Å²) in [6.07, 6.45) is 3.02. The van der Waals surface area contributed by atoms with E-state index in [-0.39, 0.29) is 0 Å². The fourth-order valence-corrected chi connectivity index (χ4v) is 3.50. The zero-order chi connectivity index (χ0) is 14.7. The summed E-state index contributed by atoms with van der Waals surface area (Å²) >= 11 is 1.80. The molecule has 0 aliphatic carbocycles. The van der Waals surface area contributed by atoms with Crippen LogP contribution in [0.4, 0.5) is 0 Å². The van der Waals surface area contributed by atoms with Crippen molar-refractivity contribution in [3.63, 3.8) is 0 Å². The number of nitrogens with zero attached hydrogens (tertiary/aromatic N) is 3. The summed E-state index contributed by atoms with van der Waals surface area (Å²) in [5.74, 6) is 1.04. The van der Waals surface area contributed by atoms with Gasteiger partial charge in [0.2, 0.25) is 0 Å². The lowest BCUT2D eigenvalue weighted by Gasteiger charge is -2.09. The van der Waals surface area contributed by atoms with Crippen LogP contribution in [0.2, 0.25) is 0 Å². The van der Waals surface area contributed by atoms with E-state index < -0.39 is 0 Å². The quantitative estimate of drug-likeness (QED) is 0.944. The lowest BCUT2D eigenvalue weighted by molar-refractivity contribution is 0.746. The molecule has 2 heterocycles. The number of aryl methyl sites for hydroxylation is 2. The third-order valence-corrected chi connectivity index (χ3v) is 4.63. The molecule has 1 fully saturated rings. The molecule has 1 aromatic carbocycles. The first kappa shape index (κ1) is 14.2. The van der Waals surface area contributed by atoms with Gasteiger partial charge in [0.1, 0.15) is 0 Å². The number of aliphatic imine (C=N–C) groups is 1. The van der Waals surface area contributed by atoms with E-state index in [1.807, 2.05) is 11.7 Å². The van der Waals surface area contributed by atoms with Crippen molar-refractivity contribution in [1.82, 2.24) is 15.1 Å². The van der Waals surface area contributed by atoms with Gasteiger partial charge in [0, 0.05) is 24.6 Å². The van der Waals surface area contributed by atoms with Crippen molar-refractivity contribution in [2.75, 3.05) is 5.75 Å². The number of rotatable bonds is 4. The molecule has 1 aromatic heterocycles. The van der Waals surface area contributed by atoms with Crippen LogP contribution < -0.4 is 5.32 Å². The van der Waals surface area contributed by atoms with Crippen LogP contribution in [0.3, 0.4) is 0 Å². The van der Waals surface area contributed by atoms with E-state index >= 15 is 0 Å². The Morgan fingerprint density at radius 2 is 2.19 bits per heavy atom. The topological polar surface area (TPSA) is 42.2 Å². The van der Waals surface area contributed by atoms with Crippen molar-refractivity contribution in [3.8, 4) is 0 Å². The number of thioether (sulfide) groups is 1. The summed E-state index contributed by atoms with van der Waals surface area (Å²) in [5, 5.41) is 9.00. The second-order valence-corrected chi connectivity index (χ2v) is 6.18. The maximum Gasteiger partial charge on any atom is 0.157 e. The molecule has 0 spiro atoms. The molecular formula is C16H20N4S. The van der Waals surface area contributed by atoms with Gasteiger partial charge in [-0.05, 0) is 12.0 Å². The van der Waals surface area contributed by atoms with Gasteiger partial charge in [-0.2, -0.15) is 5.10 Å². The molecule has 1 saturated heterocycles. The number of nitrogens with one attached hydrogen (secondary N) is 1. The molecule has 5 heteroatoms. The van der Waals surface area contributed by atoms with Crippen molar-refractivity contribution in [2.45, 2.75) is 25.9 Å². The minimum absolute atomic E-state index is 0.370. The molecule has 4 nitrogen and oxygen atoms in total. The van der Waals surface area contributed by atoms with Gasteiger partial charge in [-0.25, -0.2) is 0 Å². The van der Waals surface area contributed by atoms with E-state index in [9.17, 15) is 0 Å². The SMILES string of the molecule is CCc1nn(C)cc1CN=C1NC(c2ccccc2)CS1. The van der Waals surface area contributed by atoms with Crippen molar-refractivity contribution in [2.24, 2.45) is 12.0 Å². The highest BCUT2D eigenvalue weighted by Crippen LogP contribution is 2.26. The van der Waals surface area contributed by atoms with Gasteiger partial charge in [-0.15, -0.1) is 0 Å².